The van der Waals surface area contributed by atoms with Crippen LogP contribution in [-0.4, -0.2) is 43.0 Å². The average Bonchev–Trinajstić information content (AvgIpc) is 2.56. The summed E-state index contributed by atoms with van der Waals surface area (Å²) in [4.78, 5) is 25.5. The number of nitrogens with zero attached hydrogens (tertiary/aromatic N) is 1. The first-order valence-corrected chi connectivity index (χ1v) is 7.99. The minimum Gasteiger partial charge on any atom is -0.466 e. The van der Waals surface area contributed by atoms with Gasteiger partial charge < -0.3 is 15.0 Å². The van der Waals surface area contributed by atoms with E-state index in [0.717, 1.165) is 37.2 Å². The van der Waals surface area contributed by atoms with Crippen molar-refractivity contribution >= 4 is 17.6 Å². The van der Waals surface area contributed by atoms with Gasteiger partial charge in [0.1, 0.15) is 0 Å². The van der Waals surface area contributed by atoms with Crippen LogP contribution in [0.15, 0.2) is 24.3 Å². The van der Waals surface area contributed by atoms with Crippen molar-refractivity contribution < 1.29 is 14.3 Å². The summed E-state index contributed by atoms with van der Waals surface area (Å²) >= 11 is 0. The van der Waals surface area contributed by atoms with Crippen LogP contribution in [0.1, 0.15) is 43.0 Å². The molecule has 22 heavy (non-hydrogen) atoms. The highest BCUT2D eigenvalue weighted by molar-refractivity contribution is 5.94. The van der Waals surface area contributed by atoms with Crippen LogP contribution in [-0.2, 0) is 9.53 Å². The predicted molar refractivity (Wildman–Crippen MR) is 85.9 cm³/mol. The molecule has 0 aliphatic carbocycles. The average molecular weight is 304 g/mol. The summed E-state index contributed by atoms with van der Waals surface area (Å²) in [7, 11) is 0. The van der Waals surface area contributed by atoms with Gasteiger partial charge in [0.15, 0.2) is 0 Å². The highest BCUT2D eigenvalue weighted by Crippen LogP contribution is 2.15. The summed E-state index contributed by atoms with van der Waals surface area (Å²) in [5.74, 6) is -0.0929. The first kappa shape index (κ1) is 16.3. The van der Waals surface area contributed by atoms with Crippen molar-refractivity contribution in [3.8, 4) is 0 Å². The maximum Gasteiger partial charge on any atom is 0.307 e. The molecule has 0 atom stereocenters. The van der Waals surface area contributed by atoms with Crippen molar-refractivity contribution in [2.45, 2.75) is 32.6 Å². The van der Waals surface area contributed by atoms with E-state index in [-0.39, 0.29) is 11.9 Å². The number of amides is 1. The number of nitrogens with one attached hydrogen (secondary N) is 1. The molecule has 1 aromatic carbocycles. The van der Waals surface area contributed by atoms with Gasteiger partial charge in [-0.25, -0.2) is 0 Å². The molecule has 1 amide bonds. The number of anilines is 1. The van der Waals surface area contributed by atoms with Crippen LogP contribution in [0.2, 0.25) is 0 Å². The molecule has 1 fully saturated rings. The van der Waals surface area contributed by atoms with E-state index >= 15 is 0 Å². The smallest absolute Gasteiger partial charge is 0.307 e. The second kappa shape index (κ2) is 8.41. The van der Waals surface area contributed by atoms with Gasteiger partial charge in [0, 0.05) is 30.9 Å². The van der Waals surface area contributed by atoms with Crippen LogP contribution in [0.5, 0.6) is 0 Å². The summed E-state index contributed by atoms with van der Waals surface area (Å²) in [6.45, 7) is 4.45. The van der Waals surface area contributed by atoms with Gasteiger partial charge >= 0.3 is 5.97 Å². The van der Waals surface area contributed by atoms with E-state index in [1.165, 1.54) is 6.42 Å². The molecule has 0 radical (unpaired) electrons. The Morgan fingerprint density at radius 1 is 1.14 bits per heavy atom. The van der Waals surface area contributed by atoms with Gasteiger partial charge in [-0.15, -0.1) is 0 Å². The van der Waals surface area contributed by atoms with Gasteiger partial charge in [-0.1, -0.05) is 0 Å². The van der Waals surface area contributed by atoms with E-state index in [0.29, 0.717) is 19.6 Å². The first-order valence-electron chi connectivity index (χ1n) is 7.99. The molecular weight excluding hydrogens is 280 g/mol. The lowest BCUT2D eigenvalue weighted by atomic mass is 10.1. The third-order valence-corrected chi connectivity index (χ3v) is 3.74. The van der Waals surface area contributed by atoms with Crippen molar-refractivity contribution in [1.82, 2.24) is 4.90 Å². The molecule has 0 spiro atoms. The van der Waals surface area contributed by atoms with Crippen LogP contribution in [0, 0.1) is 0 Å². The molecule has 1 aliphatic rings. The molecule has 120 valence electrons. The zero-order valence-electron chi connectivity index (χ0n) is 13.1. The van der Waals surface area contributed by atoms with Crippen LogP contribution < -0.4 is 5.32 Å². The molecule has 0 saturated carbocycles. The van der Waals surface area contributed by atoms with Gasteiger partial charge in [-0.2, -0.15) is 0 Å². The SMILES string of the molecule is CCOC(=O)CCNc1ccc(C(=O)N2CCCCC2)cc1. The summed E-state index contributed by atoms with van der Waals surface area (Å²) in [5.41, 5.74) is 1.62. The van der Waals surface area contributed by atoms with E-state index in [1.54, 1.807) is 6.92 Å². The van der Waals surface area contributed by atoms with E-state index in [4.69, 9.17) is 4.74 Å². The van der Waals surface area contributed by atoms with Crippen LogP contribution in [0.25, 0.3) is 0 Å². The Morgan fingerprint density at radius 2 is 1.82 bits per heavy atom. The molecule has 1 aromatic rings. The van der Waals surface area contributed by atoms with Gasteiger partial charge in [-0.3, -0.25) is 9.59 Å². The first-order chi connectivity index (χ1) is 10.7. The molecule has 1 N–H and O–H groups in total. The molecule has 0 bridgehead atoms. The number of piperidine rings is 1. The van der Waals surface area contributed by atoms with Crippen LogP contribution in [0.4, 0.5) is 5.69 Å². The van der Waals surface area contributed by atoms with Gasteiger partial charge in [-0.05, 0) is 50.5 Å². The number of benzene rings is 1. The van der Waals surface area contributed by atoms with E-state index < -0.39 is 0 Å². The molecule has 0 aromatic heterocycles. The third-order valence-electron chi connectivity index (χ3n) is 3.74. The number of carbonyl (C=O) groups excluding carboxylic acids is 2. The Bertz CT molecular complexity index is 493. The summed E-state index contributed by atoms with van der Waals surface area (Å²) in [6.07, 6.45) is 3.74. The Labute approximate surface area is 131 Å². The number of hydrogen-bond acceptors (Lipinski definition) is 4. The Kier molecular flexibility index (Phi) is 6.25. The molecule has 5 heteroatoms. The number of hydrogen-bond donors (Lipinski definition) is 1. The standard InChI is InChI=1S/C17H24N2O3/c1-2-22-16(20)10-11-18-15-8-6-14(7-9-15)17(21)19-12-4-3-5-13-19/h6-9,18H,2-5,10-13H2,1H3. The summed E-state index contributed by atoms with van der Waals surface area (Å²) < 4.78 is 4.87. The van der Waals surface area contributed by atoms with Crippen molar-refractivity contribution in [3.63, 3.8) is 0 Å². The molecular formula is C17H24N2O3. The van der Waals surface area contributed by atoms with Gasteiger partial charge in [0.05, 0.1) is 13.0 Å². The molecule has 1 aliphatic heterocycles. The molecule has 1 saturated heterocycles. The molecule has 2 rings (SSSR count). The maximum atomic E-state index is 12.3. The largest absolute Gasteiger partial charge is 0.466 e. The zero-order valence-corrected chi connectivity index (χ0v) is 13.1. The highest BCUT2D eigenvalue weighted by Gasteiger charge is 2.17. The van der Waals surface area contributed by atoms with Gasteiger partial charge in [0.25, 0.3) is 5.91 Å². The molecule has 5 nitrogen and oxygen atoms in total. The highest BCUT2D eigenvalue weighted by atomic mass is 16.5. The number of likely N-dealkylation sites (tertiary alicyclic amines) is 1. The summed E-state index contributed by atoms with van der Waals surface area (Å²) in [6, 6.07) is 7.43. The van der Waals surface area contributed by atoms with Crippen LogP contribution in [0.3, 0.4) is 0 Å². The lowest BCUT2D eigenvalue weighted by Gasteiger charge is -2.26. The molecule has 1 heterocycles. The number of esters is 1. The minimum absolute atomic E-state index is 0.109. The number of ether oxygens (including phenoxy) is 1. The second-order valence-electron chi connectivity index (χ2n) is 5.41. The van der Waals surface area contributed by atoms with E-state index in [9.17, 15) is 9.59 Å². The minimum atomic E-state index is -0.202. The van der Waals surface area contributed by atoms with Crippen molar-refractivity contribution in [2.75, 3.05) is 31.6 Å². The Balaban J connectivity index is 1.82. The third kappa shape index (κ3) is 4.76. The lowest BCUT2D eigenvalue weighted by molar-refractivity contribution is -0.142. The fraction of sp³-hybridized carbons (Fsp3) is 0.529. The predicted octanol–water partition coefficient (Wildman–Crippen LogP) is 2.68. The fourth-order valence-electron chi connectivity index (χ4n) is 2.55. The number of rotatable bonds is 6. The summed E-state index contributed by atoms with van der Waals surface area (Å²) in [5, 5.41) is 3.15. The van der Waals surface area contributed by atoms with Crippen LogP contribution >= 0.6 is 0 Å². The lowest BCUT2D eigenvalue weighted by Crippen LogP contribution is -2.35. The van der Waals surface area contributed by atoms with E-state index in [1.807, 2.05) is 29.2 Å². The topological polar surface area (TPSA) is 58.6 Å². The molecule has 0 unspecified atom stereocenters. The van der Waals surface area contributed by atoms with E-state index in [2.05, 4.69) is 5.32 Å². The zero-order chi connectivity index (χ0) is 15.8. The maximum absolute atomic E-state index is 12.3. The fourth-order valence-corrected chi connectivity index (χ4v) is 2.55. The van der Waals surface area contributed by atoms with Gasteiger partial charge in [0.2, 0.25) is 0 Å². The second-order valence-corrected chi connectivity index (χ2v) is 5.41. The Morgan fingerprint density at radius 3 is 2.45 bits per heavy atom. The van der Waals surface area contributed by atoms with Crippen molar-refractivity contribution in [2.24, 2.45) is 0 Å². The quantitative estimate of drug-likeness (QED) is 0.821. The van der Waals surface area contributed by atoms with Crippen molar-refractivity contribution in [3.05, 3.63) is 29.8 Å². The Hall–Kier alpha value is -2.04. The van der Waals surface area contributed by atoms with Crippen molar-refractivity contribution in [1.29, 1.82) is 0 Å². The normalized spacial score (nSPS) is 14.5. The number of carbonyl (C=O) groups is 2. The monoisotopic (exact) mass is 304 g/mol.